The first-order valence-electron chi connectivity index (χ1n) is 15.8. The van der Waals surface area contributed by atoms with E-state index >= 15 is 0 Å². The van der Waals surface area contributed by atoms with Crippen molar-refractivity contribution in [1.29, 1.82) is 0 Å². The van der Waals surface area contributed by atoms with Crippen molar-refractivity contribution in [2.75, 3.05) is 39.6 Å². The van der Waals surface area contributed by atoms with Crippen molar-refractivity contribution >= 4 is 37.7 Å². The molecule has 2 aromatic carbocycles. The lowest BCUT2D eigenvalue weighted by Crippen LogP contribution is -2.46. The molecule has 0 saturated carbocycles. The standard InChI is InChI=1S/C33H51NO8Si/c1-5-9-21-38-31-19-18-28-24-27(16-17-29(28)26-31)25-30(32(35)36)15-12-10-11-13-22-39-33(37)34-20-14-23-43(40-6-2,41-7-3)42-8-4/h16-19,24-26H,5-15,20-23H2,1-4H3,(H,34,37)(H,35,36)/b30-25+. The molecule has 0 spiro atoms. The van der Waals surface area contributed by atoms with Crippen molar-refractivity contribution in [3.63, 3.8) is 0 Å². The minimum Gasteiger partial charge on any atom is -0.494 e. The van der Waals surface area contributed by atoms with Gasteiger partial charge in [-0.05, 0) is 93.5 Å². The number of carbonyl (C=O) groups is 2. The predicted molar refractivity (Wildman–Crippen MR) is 172 cm³/mol. The fourth-order valence-electron chi connectivity index (χ4n) is 4.68. The maximum atomic E-state index is 12.0. The zero-order chi connectivity index (χ0) is 31.3. The van der Waals surface area contributed by atoms with E-state index in [2.05, 4.69) is 12.2 Å². The van der Waals surface area contributed by atoms with Gasteiger partial charge in [-0.3, -0.25) is 0 Å². The number of nitrogens with one attached hydrogen (secondary N) is 1. The first kappa shape index (κ1) is 36.3. The number of carboxylic acids is 1. The molecule has 0 aliphatic rings. The molecule has 0 aliphatic heterocycles. The number of rotatable bonds is 23. The Morgan fingerprint density at radius 3 is 2.16 bits per heavy atom. The maximum absolute atomic E-state index is 12.0. The van der Waals surface area contributed by atoms with Crippen molar-refractivity contribution in [2.45, 2.75) is 85.1 Å². The zero-order valence-corrected chi connectivity index (χ0v) is 27.5. The summed E-state index contributed by atoms with van der Waals surface area (Å²) in [6.07, 6.45) is 7.76. The molecule has 0 aliphatic carbocycles. The smallest absolute Gasteiger partial charge is 0.494 e. The Kier molecular flexibility index (Phi) is 17.6. The van der Waals surface area contributed by atoms with E-state index in [-0.39, 0.29) is 0 Å². The molecule has 0 bridgehead atoms. The Hall–Kier alpha value is -2.92. The van der Waals surface area contributed by atoms with Gasteiger partial charge in [-0.1, -0.05) is 44.4 Å². The molecule has 1 amide bonds. The van der Waals surface area contributed by atoms with Gasteiger partial charge in [0.25, 0.3) is 0 Å². The molecule has 9 nitrogen and oxygen atoms in total. The number of alkyl carbamates (subject to hydrolysis) is 1. The van der Waals surface area contributed by atoms with Crippen LogP contribution in [0.15, 0.2) is 42.0 Å². The average Bonchev–Trinajstić information content (AvgIpc) is 2.98. The zero-order valence-electron chi connectivity index (χ0n) is 26.5. The summed E-state index contributed by atoms with van der Waals surface area (Å²) in [5.74, 6) is -0.0495. The lowest BCUT2D eigenvalue weighted by molar-refractivity contribution is -0.132. The van der Waals surface area contributed by atoms with Crippen LogP contribution in [0.5, 0.6) is 5.75 Å². The lowest BCUT2D eigenvalue weighted by Gasteiger charge is -2.28. The van der Waals surface area contributed by atoms with E-state index in [0.29, 0.717) is 64.0 Å². The molecule has 0 saturated heterocycles. The molecule has 0 heterocycles. The maximum Gasteiger partial charge on any atom is 0.500 e. The predicted octanol–water partition coefficient (Wildman–Crippen LogP) is 7.60. The van der Waals surface area contributed by atoms with Crippen LogP contribution in [0, 0.1) is 0 Å². The number of fused-ring (bicyclic) bond motifs is 1. The van der Waals surface area contributed by atoms with Crippen LogP contribution >= 0.6 is 0 Å². The first-order valence-corrected chi connectivity index (χ1v) is 17.7. The van der Waals surface area contributed by atoms with Gasteiger partial charge in [0.05, 0.1) is 13.2 Å². The summed E-state index contributed by atoms with van der Waals surface area (Å²) in [5.41, 5.74) is 1.25. The van der Waals surface area contributed by atoms with Gasteiger partial charge in [-0.15, -0.1) is 0 Å². The van der Waals surface area contributed by atoms with Crippen LogP contribution in [0.4, 0.5) is 4.79 Å². The molecule has 10 heteroatoms. The summed E-state index contributed by atoms with van der Waals surface area (Å²) < 4.78 is 28.6. The molecule has 0 radical (unpaired) electrons. The number of benzene rings is 2. The second kappa shape index (κ2) is 20.9. The first-order chi connectivity index (χ1) is 20.9. The van der Waals surface area contributed by atoms with E-state index in [1.165, 1.54) is 0 Å². The van der Waals surface area contributed by atoms with E-state index in [1.54, 1.807) is 6.08 Å². The number of aliphatic carboxylic acids is 1. The molecular weight excluding hydrogens is 566 g/mol. The van der Waals surface area contributed by atoms with Gasteiger partial charge in [-0.2, -0.15) is 0 Å². The molecule has 2 N–H and O–H groups in total. The highest BCUT2D eigenvalue weighted by Crippen LogP contribution is 2.24. The summed E-state index contributed by atoms with van der Waals surface area (Å²) in [6, 6.07) is 12.6. The van der Waals surface area contributed by atoms with E-state index in [1.807, 2.05) is 57.2 Å². The molecule has 0 unspecified atom stereocenters. The van der Waals surface area contributed by atoms with E-state index in [4.69, 9.17) is 22.8 Å². The number of hydrogen-bond donors (Lipinski definition) is 2. The third kappa shape index (κ3) is 13.9. The van der Waals surface area contributed by atoms with Crippen molar-refractivity contribution in [3.05, 3.63) is 47.5 Å². The number of amides is 1. The molecule has 0 aromatic heterocycles. The summed E-state index contributed by atoms with van der Waals surface area (Å²) in [4.78, 5) is 23.9. The largest absolute Gasteiger partial charge is 0.500 e. The molecule has 240 valence electrons. The Bertz CT molecular complexity index is 1120. The van der Waals surface area contributed by atoms with Gasteiger partial charge in [0.15, 0.2) is 0 Å². The third-order valence-corrected chi connectivity index (χ3v) is 9.96. The minimum atomic E-state index is -2.70. The van der Waals surface area contributed by atoms with Gasteiger partial charge in [0.1, 0.15) is 5.75 Å². The Labute approximate surface area is 258 Å². The van der Waals surface area contributed by atoms with E-state index in [9.17, 15) is 14.7 Å². The highest BCUT2D eigenvalue weighted by atomic mass is 28.4. The van der Waals surface area contributed by atoms with Crippen molar-refractivity contribution in [2.24, 2.45) is 0 Å². The number of hydrogen-bond acceptors (Lipinski definition) is 7. The number of unbranched alkanes of at least 4 members (excludes halogenated alkanes) is 4. The van der Waals surface area contributed by atoms with Crippen molar-refractivity contribution in [3.8, 4) is 5.75 Å². The molecule has 2 aromatic rings. The second-order valence-corrected chi connectivity index (χ2v) is 13.0. The fraction of sp³-hybridized carbons (Fsp3) is 0.576. The summed E-state index contributed by atoms with van der Waals surface area (Å²) in [5, 5.41) is 14.6. The molecular formula is C33H51NO8Si. The van der Waals surface area contributed by atoms with Gasteiger partial charge < -0.3 is 33.2 Å². The van der Waals surface area contributed by atoms with Crippen LogP contribution in [0.1, 0.15) is 84.6 Å². The lowest BCUT2D eigenvalue weighted by atomic mass is 10.0. The van der Waals surface area contributed by atoms with E-state index < -0.39 is 20.9 Å². The fourth-order valence-corrected chi connectivity index (χ4v) is 7.29. The van der Waals surface area contributed by atoms with Gasteiger partial charge in [-0.25, -0.2) is 9.59 Å². The summed E-state index contributed by atoms with van der Waals surface area (Å²) >= 11 is 0. The molecule has 43 heavy (non-hydrogen) atoms. The van der Waals surface area contributed by atoms with Crippen LogP contribution in [-0.4, -0.2) is 65.6 Å². The Balaban J connectivity index is 1.68. The van der Waals surface area contributed by atoms with E-state index in [0.717, 1.165) is 60.6 Å². The average molecular weight is 618 g/mol. The van der Waals surface area contributed by atoms with Crippen LogP contribution in [0.3, 0.4) is 0 Å². The van der Waals surface area contributed by atoms with Gasteiger partial charge in [0.2, 0.25) is 0 Å². The monoisotopic (exact) mass is 617 g/mol. The van der Waals surface area contributed by atoms with Gasteiger partial charge in [0, 0.05) is 38.0 Å². The highest BCUT2D eigenvalue weighted by molar-refractivity contribution is 6.60. The molecule has 0 fully saturated rings. The molecule has 0 atom stereocenters. The number of ether oxygens (including phenoxy) is 2. The minimum absolute atomic E-state index is 0.325. The Morgan fingerprint density at radius 2 is 1.49 bits per heavy atom. The topological polar surface area (TPSA) is 113 Å². The second-order valence-electron chi connectivity index (χ2n) is 10.3. The number of carboxylic acid groups (broad SMARTS) is 1. The SMILES string of the molecule is CCCCOc1ccc2cc(/C=C(\CCCCCCOC(=O)NCCC[Si](OCC)(OCC)OCC)C(=O)O)ccc2c1. The van der Waals surface area contributed by atoms with Crippen LogP contribution in [0.25, 0.3) is 16.8 Å². The van der Waals surface area contributed by atoms with Crippen LogP contribution in [-0.2, 0) is 22.8 Å². The Morgan fingerprint density at radius 1 is 0.814 bits per heavy atom. The quantitative estimate of drug-likeness (QED) is 0.0745. The van der Waals surface area contributed by atoms with Gasteiger partial charge >= 0.3 is 20.9 Å². The van der Waals surface area contributed by atoms with Crippen molar-refractivity contribution in [1.82, 2.24) is 5.32 Å². The molecule has 2 rings (SSSR count). The van der Waals surface area contributed by atoms with Crippen molar-refractivity contribution < 1.29 is 37.4 Å². The number of carbonyl (C=O) groups excluding carboxylic acids is 1. The van der Waals surface area contributed by atoms with Crippen LogP contribution in [0.2, 0.25) is 6.04 Å². The normalized spacial score (nSPS) is 12.0. The van der Waals surface area contributed by atoms with Crippen LogP contribution < -0.4 is 10.1 Å². The highest BCUT2D eigenvalue weighted by Gasteiger charge is 2.39. The summed E-state index contributed by atoms with van der Waals surface area (Å²) in [6.45, 7) is 11.0. The third-order valence-electron chi connectivity index (χ3n) is 6.81. The summed E-state index contributed by atoms with van der Waals surface area (Å²) in [7, 11) is -2.70.